The van der Waals surface area contributed by atoms with Crippen molar-refractivity contribution in [3.63, 3.8) is 0 Å². The Hall–Kier alpha value is -2.32. The van der Waals surface area contributed by atoms with Crippen LogP contribution < -0.4 is 15.8 Å². The van der Waals surface area contributed by atoms with Gasteiger partial charge in [0.2, 0.25) is 0 Å². The van der Waals surface area contributed by atoms with Crippen LogP contribution in [0.25, 0.3) is 22.0 Å². The van der Waals surface area contributed by atoms with E-state index in [9.17, 15) is 0 Å². The molecule has 2 fully saturated rings. The maximum Gasteiger partial charge on any atom is 0.130 e. The van der Waals surface area contributed by atoms with E-state index >= 15 is 0 Å². The van der Waals surface area contributed by atoms with E-state index in [4.69, 9.17) is 26.3 Å². The monoisotopic (exact) mass is 410 g/mol. The molecule has 2 saturated heterocycles. The highest BCUT2D eigenvalue weighted by molar-refractivity contribution is 6.30. The molecule has 150 valence electrons. The fourth-order valence-corrected chi connectivity index (χ4v) is 4.29. The Labute approximate surface area is 174 Å². The van der Waals surface area contributed by atoms with Gasteiger partial charge in [0.1, 0.15) is 5.82 Å². The van der Waals surface area contributed by atoms with Crippen LogP contribution in [0.1, 0.15) is 25.1 Å². The number of ether oxygens (including phenoxy) is 1. The predicted molar refractivity (Wildman–Crippen MR) is 114 cm³/mol. The largest absolute Gasteiger partial charge is 0.377 e. The van der Waals surface area contributed by atoms with Crippen LogP contribution in [0.4, 0.5) is 5.82 Å². The van der Waals surface area contributed by atoms with Gasteiger partial charge in [-0.05, 0) is 37.1 Å². The fraction of sp³-hybridized carbons (Fsp3) is 0.381. The van der Waals surface area contributed by atoms with Crippen molar-refractivity contribution < 1.29 is 4.74 Å². The number of rotatable bonds is 3. The Kier molecular flexibility index (Phi) is 5.05. The van der Waals surface area contributed by atoms with Gasteiger partial charge in [0, 0.05) is 42.6 Å². The SMILES string of the molecule is C[C@@H]1COCCN1c1cc(-c2cncc(Cl)c2)c2ccnc(C3CCNN3)c2n1. The molecule has 2 atom stereocenters. The number of nitrogens with one attached hydrogen (secondary N) is 2. The molecule has 2 N–H and O–H groups in total. The molecule has 2 aliphatic rings. The molecular formula is C21H23ClN6O. The zero-order valence-electron chi connectivity index (χ0n) is 16.2. The van der Waals surface area contributed by atoms with Crippen LogP contribution >= 0.6 is 11.6 Å². The lowest BCUT2D eigenvalue weighted by molar-refractivity contribution is 0.0986. The van der Waals surface area contributed by atoms with Crippen molar-refractivity contribution in [3.05, 3.63) is 47.5 Å². The molecule has 0 amide bonds. The van der Waals surface area contributed by atoms with E-state index in [0.717, 1.165) is 53.1 Å². The minimum atomic E-state index is 0.133. The number of pyridine rings is 3. The van der Waals surface area contributed by atoms with Gasteiger partial charge in [-0.1, -0.05) is 11.6 Å². The third-order valence-electron chi connectivity index (χ3n) is 5.58. The summed E-state index contributed by atoms with van der Waals surface area (Å²) in [5.74, 6) is 0.934. The number of hydrogen-bond donors (Lipinski definition) is 2. The van der Waals surface area contributed by atoms with Crippen LogP contribution in [0.2, 0.25) is 5.02 Å². The second-order valence-corrected chi connectivity index (χ2v) is 7.98. The number of anilines is 1. The average molecular weight is 411 g/mol. The molecule has 2 aliphatic heterocycles. The highest BCUT2D eigenvalue weighted by atomic mass is 35.5. The van der Waals surface area contributed by atoms with Crippen LogP contribution in [-0.4, -0.2) is 47.3 Å². The standard InChI is InChI=1S/C21H23ClN6O/c1-13-12-29-7-6-28(13)19-9-17(14-8-15(22)11-23-10-14)16-2-4-24-21(20(16)26-19)18-3-5-25-27-18/h2,4,8-11,13,18,25,27H,3,5-7,12H2,1H3/t13-,18?/m1/s1. The van der Waals surface area contributed by atoms with Crippen LogP contribution in [0.3, 0.4) is 0 Å². The average Bonchev–Trinajstić information content (AvgIpc) is 3.27. The molecule has 0 bridgehead atoms. The van der Waals surface area contributed by atoms with Crippen molar-refractivity contribution in [1.29, 1.82) is 0 Å². The number of hydrogen-bond acceptors (Lipinski definition) is 7. The van der Waals surface area contributed by atoms with E-state index in [-0.39, 0.29) is 12.1 Å². The molecule has 0 spiro atoms. The molecule has 7 nitrogen and oxygen atoms in total. The number of nitrogens with zero attached hydrogens (tertiary/aromatic N) is 4. The highest BCUT2D eigenvalue weighted by Gasteiger charge is 2.25. The third-order valence-corrected chi connectivity index (χ3v) is 5.79. The van der Waals surface area contributed by atoms with Crippen molar-refractivity contribution >= 4 is 28.3 Å². The Morgan fingerprint density at radius 1 is 1.28 bits per heavy atom. The van der Waals surface area contributed by atoms with Crippen molar-refractivity contribution in [2.24, 2.45) is 0 Å². The maximum atomic E-state index is 6.26. The first-order valence-electron chi connectivity index (χ1n) is 9.94. The number of halogens is 1. The normalized spacial score (nSPS) is 22.3. The lowest BCUT2D eigenvalue weighted by atomic mass is 10.00. The van der Waals surface area contributed by atoms with E-state index in [1.54, 1.807) is 6.20 Å². The first-order valence-corrected chi connectivity index (χ1v) is 10.3. The van der Waals surface area contributed by atoms with Gasteiger partial charge in [0.05, 0.1) is 41.5 Å². The number of aromatic nitrogens is 3. The number of hydrazine groups is 1. The summed E-state index contributed by atoms with van der Waals surface area (Å²) in [6.45, 7) is 5.28. The van der Waals surface area contributed by atoms with Gasteiger partial charge in [0.15, 0.2) is 0 Å². The summed E-state index contributed by atoms with van der Waals surface area (Å²) in [4.78, 5) is 16.4. The van der Waals surface area contributed by atoms with Crippen LogP contribution in [0.15, 0.2) is 36.8 Å². The summed E-state index contributed by atoms with van der Waals surface area (Å²) in [5, 5.41) is 1.67. The van der Waals surface area contributed by atoms with Crippen molar-refractivity contribution in [2.45, 2.75) is 25.4 Å². The van der Waals surface area contributed by atoms with Gasteiger partial charge >= 0.3 is 0 Å². The summed E-state index contributed by atoms with van der Waals surface area (Å²) in [6, 6.07) is 6.50. The van der Waals surface area contributed by atoms with Crippen LogP contribution in [-0.2, 0) is 4.74 Å². The van der Waals surface area contributed by atoms with E-state index in [1.165, 1.54) is 0 Å². The predicted octanol–water partition coefficient (Wildman–Crippen LogP) is 3.11. The molecule has 0 aliphatic carbocycles. The Morgan fingerprint density at radius 3 is 3.00 bits per heavy atom. The first kappa shape index (κ1) is 18.7. The van der Waals surface area contributed by atoms with Crippen molar-refractivity contribution in [3.8, 4) is 11.1 Å². The van der Waals surface area contributed by atoms with Crippen LogP contribution in [0, 0.1) is 0 Å². The molecule has 5 rings (SSSR count). The molecular weight excluding hydrogens is 388 g/mol. The molecule has 3 aromatic heterocycles. The van der Waals surface area contributed by atoms with Gasteiger partial charge in [-0.2, -0.15) is 0 Å². The zero-order chi connectivity index (χ0) is 19.8. The molecule has 29 heavy (non-hydrogen) atoms. The maximum absolute atomic E-state index is 6.26. The van der Waals surface area contributed by atoms with Crippen molar-refractivity contribution in [2.75, 3.05) is 31.2 Å². The quantitative estimate of drug-likeness (QED) is 0.687. The number of morpholine rings is 1. The summed E-state index contributed by atoms with van der Waals surface area (Å²) in [6.07, 6.45) is 6.33. The van der Waals surface area contributed by atoms with Gasteiger partial charge in [-0.3, -0.25) is 15.4 Å². The van der Waals surface area contributed by atoms with E-state index in [1.807, 2.05) is 24.5 Å². The lowest BCUT2D eigenvalue weighted by Crippen LogP contribution is -2.44. The Morgan fingerprint density at radius 2 is 2.21 bits per heavy atom. The minimum Gasteiger partial charge on any atom is -0.377 e. The number of fused-ring (bicyclic) bond motifs is 1. The minimum absolute atomic E-state index is 0.133. The second-order valence-electron chi connectivity index (χ2n) is 7.54. The van der Waals surface area contributed by atoms with E-state index in [2.05, 4.69) is 33.7 Å². The molecule has 3 aromatic rings. The second kappa shape index (κ2) is 7.84. The fourth-order valence-electron chi connectivity index (χ4n) is 4.12. The van der Waals surface area contributed by atoms with Crippen LogP contribution in [0.5, 0.6) is 0 Å². The third kappa shape index (κ3) is 3.55. The summed E-state index contributed by atoms with van der Waals surface area (Å²) in [5.41, 5.74) is 10.4. The Bertz CT molecular complexity index is 1040. The van der Waals surface area contributed by atoms with E-state index in [0.29, 0.717) is 18.2 Å². The lowest BCUT2D eigenvalue weighted by Gasteiger charge is -2.34. The smallest absolute Gasteiger partial charge is 0.130 e. The van der Waals surface area contributed by atoms with Gasteiger partial charge in [-0.15, -0.1) is 0 Å². The molecule has 0 saturated carbocycles. The molecule has 1 unspecified atom stereocenters. The highest BCUT2D eigenvalue weighted by Crippen LogP contribution is 2.35. The van der Waals surface area contributed by atoms with E-state index < -0.39 is 0 Å². The zero-order valence-corrected chi connectivity index (χ0v) is 17.0. The van der Waals surface area contributed by atoms with Gasteiger partial charge < -0.3 is 9.64 Å². The molecule has 5 heterocycles. The first-order chi connectivity index (χ1) is 14.2. The van der Waals surface area contributed by atoms with Crippen molar-refractivity contribution in [1.82, 2.24) is 25.8 Å². The molecule has 8 heteroatoms. The van der Waals surface area contributed by atoms with Gasteiger partial charge in [-0.25, -0.2) is 10.4 Å². The topological polar surface area (TPSA) is 75.2 Å². The Balaban J connectivity index is 1.74. The summed E-state index contributed by atoms with van der Waals surface area (Å²) < 4.78 is 5.63. The summed E-state index contributed by atoms with van der Waals surface area (Å²) >= 11 is 6.26. The molecule has 0 radical (unpaired) electrons. The molecule has 0 aromatic carbocycles. The summed E-state index contributed by atoms with van der Waals surface area (Å²) in [7, 11) is 0. The van der Waals surface area contributed by atoms with Gasteiger partial charge in [0.25, 0.3) is 0 Å².